The first-order chi connectivity index (χ1) is 9.72. The molecule has 0 aromatic heterocycles. The van der Waals surface area contributed by atoms with Gasteiger partial charge in [-0.2, -0.15) is 0 Å². The minimum absolute atomic E-state index is 0.0735. The van der Waals surface area contributed by atoms with E-state index >= 15 is 0 Å². The number of hydrogen-bond donors (Lipinski definition) is 3. The van der Waals surface area contributed by atoms with Crippen molar-refractivity contribution in [3.05, 3.63) is 35.9 Å². The van der Waals surface area contributed by atoms with E-state index < -0.39 is 0 Å². The molecule has 1 aliphatic rings. The second-order valence-corrected chi connectivity index (χ2v) is 5.50. The lowest BCUT2D eigenvalue weighted by atomic mass is 9.75. The Hall–Kier alpha value is -1.39. The van der Waals surface area contributed by atoms with Gasteiger partial charge in [0, 0.05) is 0 Å². The summed E-state index contributed by atoms with van der Waals surface area (Å²) in [7, 11) is 0. The molecule has 1 amide bonds. The molecule has 110 valence electrons. The molecule has 1 aliphatic heterocycles. The Labute approximate surface area is 120 Å². The Bertz CT molecular complexity index is 427. The number of piperidine rings is 1. The van der Waals surface area contributed by atoms with Gasteiger partial charge in [0.25, 0.3) is 0 Å². The van der Waals surface area contributed by atoms with E-state index in [0.717, 1.165) is 37.9 Å². The van der Waals surface area contributed by atoms with Crippen LogP contribution in [0.15, 0.2) is 30.3 Å². The molecule has 4 heteroatoms. The lowest BCUT2D eigenvalue weighted by Gasteiger charge is -2.36. The first-order valence-corrected chi connectivity index (χ1v) is 7.39. The second kappa shape index (κ2) is 6.86. The Morgan fingerprint density at radius 3 is 2.55 bits per heavy atom. The Morgan fingerprint density at radius 1 is 1.35 bits per heavy atom. The van der Waals surface area contributed by atoms with E-state index in [4.69, 9.17) is 0 Å². The maximum atomic E-state index is 12.6. The lowest BCUT2D eigenvalue weighted by molar-refractivity contribution is -0.134. The van der Waals surface area contributed by atoms with Crippen LogP contribution < -0.4 is 10.6 Å². The number of rotatable bonds is 5. The van der Waals surface area contributed by atoms with E-state index in [0.29, 0.717) is 0 Å². The van der Waals surface area contributed by atoms with Crippen molar-refractivity contribution in [2.45, 2.75) is 32.2 Å². The summed E-state index contributed by atoms with van der Waals surface area (Å²) in [5, 5.41) is 15.9. The molecule has 1 unspecified atom stereocenters. The van der Waals surface area contributed by atoms with Gasteiger partial charge in [-0.3, -0.25) is 4.79 Å². The van der Waals surface area contributed by atoms with Gasteiger partial charge in [0.1, 0.15) is 0 Å². The molecule has 3 N–H and O–H groups in total. The fourth-order valence-electron chi connectivity index (χ4n) is 2.88. The second-order valence-electron chi connectivity index (χ2n) is 5.50. The maximum absolute atomic E-state index is 12.6. The SMILES string of the molecule is CCC1(C(=O)NC(CO)c2ccccc2)CCNCC1. The van der Waals surface area contributed by atoms with Crippen molar-refractivity contribution in [3.8, 4) is 0 Å². The third-order valence-corrected chi connectivity index (χ3v) is 4.41. The van der Waals surface area contributed by atoms with E-state index in [1.165, 1.54) is 0 Å². The minimum Gasteiger partial charge on any atom is -0.394 e. The zero-order chi connectivity index (χ0) is 14.4. The Kier molecular flexibility index (Phi) is 5.15. The molecule has 0 saturated carbocycles. The van der Waals surface area contributed by atoms with E-state index in [9.17, 15) is 9.90 Å². The van der Waals surface area contributed by atoms with Crippen molar-refractivity contribution in [1.82, 2.24) is 10.6 Å². The summed E-state index contributed by atoms with van der Waals surface area (Å²) in [6.07, 6.45) is 2.57. The van der Waals surface area contributed by atoms with Gasteiger partial charge >= 0.3 is 0 Å². The van der Waals surface area contributed by atoms with Crippen LogP contribution in [0.4, 0.5) is 0 Å². The summed E-state index contributed by atoms with van der Waals surface area (Å²) in [6.45, 7) is 3.77. The molecular weight excluding hydrogens is 252 g/mol. The van der Waals surface area contributed by atoms with Gasteiger partial charge in [-0.1, -0.05) is 37.3 Å². The Balaban J connectivity index is 2.08. The van der Waals surface area contributed by atoms with Crippen LogP contribution in [-0.4, -0.2) is 30.7 Å². The molecule has 1 saturated heterocycles. The smallest absolute Gasteiger partial charge is 0.226 e. The van der Waals surface area contributed by atoms with Crippen LogP contribution in [-0.2, 0) is 4.79 Å². The molecule has 1 atom stereocenters. The van der Waals surface area contributed by atoms with Gasteiger partial charge in [0.15, 0.2) is 0 Å². The predicted molar refractivity (Wildman–Crippen MR) is 79.2 cm³/mol. The molecule has 1 aromatic rings. The van der Waals surface area contributed by atoms with E-state index in [1.807, 2.05) is 30.3 Å². The summed E-state index contributed by atoms with van der Waals surface area (Å²) >= 11 is 0. The van der Waals surface area contributed by atoms with Gasteiger partial charge in [-0.05, 0) is 37.9 Å². The average molecular weight is 276 g/mol. The van der Waals surface area contributed by atoms with Crippen LogP contribution in [0.3, 0.4) is 0 Å². The van der Waals surface area contributed by atoms with Crippen LogP contribution in [0, 0.1) is 5.41 Å². The number of carbonyl (C=O) groups is 1. The van der Waals surface area contributed by atoms with E-state index in [-0.39, 0.29) is 24.0 Å². The molecule has 1 fully saturated rings. The summed E-state index contributed by atoms with van der Waals surface area (Å²) in [4.78, 5) is 12.6. The van der Waals surface area contributed by atoms with Crippen LogP contribution in [0.25, 0.3) is 0 Å². The predicted octanol–water partition coefficient (Wildman–Crippen LogP) is 1.62. The summed E-state index contributed by atoms with van der Waals surface area (Å²) < 4.78 is 0. The molecular formula is C16H24N2O2. The molecule has 1 aromatic carbocycles. The summed E-state index contributed by atoms with van der Waals surface area (Å²) in [5.41, 5.74) is 0.663. The molecule has 0 radical (unpaired) electrons. The third-order valence-electron chi connectivity index (χ3n) is 4.41. The number of carbonyl (C=O) groups excluding carboxylic acids is 1. The molecule has 20 heavy (non-hydrogen) atoms. The molecule has 0 aliphatic carbocycles. The Morgan fingerprint density at radius 2 is 2.00 bits per heavy atom. The quantitative estimate of drug-likeness (QED) is 0.766. The lowest BCUT2D eigenvalue weighted by Crippen LogP contribution is -2.48. The van der Waals surface area contributed by atoms with E-state index in [1.54, 1.807) is 0 Å². The van der Waals surface area contributed by atoms with Crippen molar-refractivity contribution in [2.75, 3.05) is 19.7 Å². The number of amides is 1. The largest absolute Gasteiger partial charge is 0.394 e. The topological polar surface area (TPSA) is 61.4 Å². The van der Waals surface area contributed by atoms with Crippen LogP contribution in [0.2, 0.25) is 0 Å². The zero-order valence-corrected chi connectivity index (χ0v) is 12.1. The average Bonchev–Trinajstić information content (AvgIpc) is 2.53. The van der Waals surface area contributed by atoms with E-state index in [2.05, 4.69) is 17.6 Å². The molecule has 2 rings (SSSR count). The standard InChI is InChI=1S/C16H24N2O2/c1-2-16(8-10-17-11-9-16)15(20)18-14(12-19)13-6-4-3-5-7-13/h3-7,14,17,19H,2,8-12H2,1H3,(H,18,20). The number of hydrogen-bond acceptors (Lipinski definition) is 3. The molecule has 0 spiro atoms. The third kappa shape index (κ3) is 3.19. The first kappa shape index (κ1) is 15.0. The van der Waals surface area contributed by atoms with Crippen molar-refractivity contribution >= 4 is 5.91 Å². The van der Waals surface area contributed by atoms with Gasteiger partial charge in [-0.25, -0.2) is 0 Å². The normalized spacial score (nSPS) is 19.3. The number of nitrogens with one attached hydrogen (secondary N) is 2. The van der Waals surface area contributed by atoms with Crippen LogP contribution in [0.1, 0.15) is 37.8 Å². The van der Waals surface area contributed by atoms with Crippen molar-refractivity contribution < 1.29 is 9.90 Å². The summed E-state index contributed by atoms with van der Waals surface area (Å²) in [6, 6.07) is 9.32. The van der Waals surface area contributed by atoms with Crippen molar-refractivity contribution in [2.24, 2.45) is 5.41 Å². The van der Waals surface area contributed by atoms with Gasteiger partial charge < -0.3 is 15.7 Å². The molecule has 4 nitrogen and oxygen atoms in total. The number of aliphatic hydroxyl groups is 1. The monoisotopic (exact) mass is 276 g/mol. The van der Waals surface area contributed by atoms with Crippen LogP contribution in [0.5, 0.6) is 0 Å². The van der Waals surface area contributed by atoms with Gasteiger partial charge in [0.2, 0.25) is 5.91 Å². The van der Waals surface area contributed by atoms with Gasteiger partial charge in [-0.15, -0.1) is 0 Å². The highest BCUT2D eigenvalue weighted by Gasteiger charge is 2.38. The minimum atomic E-state index is -0.318. The zero-order valence-electron chi connectivity index (χ0n) is 12.1. The highest BCUT2D eigenvalue weighted by molar-refractivity contribution is 5.83. The highest BCUT2D eigenvalue weighted by atomic mass is 16.3. The van der Waals surface area contributed by atoms with Crippen molar-refractivity contribution in [3.63, 3.8) is 0 Å². The molecule has 0 bridgehead atoms. The number of aliphatic hydroxyl groups excluding tert-OH is 1. The van der Waals surface area contributed by atoms with Crippen LogP contribution >= 0.6 is 0 Å². The van der Waals surface area contributed by atoms with Crippen molar-refractivity contribution in [1.29, 1.82) is 0 Å². The highest BCUT2D eigenvalue weighted by Crippen LogP contribution is 2.33. The number of benzene rings is 1. The first-order valence-electron chi connectivity index (χ1n) is 7.39. The fourth-order valence-corrected chi connectivity index (χ4v) is 2.88. The summed E-state index contributed by atoms with van der Waals surface area (Å²) in [5.74, 6) is 0.0735. The fraction of sp³-hybridized carbons (Fsp3) is 0.562. The maximum Gasteiger partial charge on any atom is 0.226 e. The molecule has 1 heterocycles. The van der Waals surface area contributed by atoms with Gasteiger partial charge in [0.05, 0.1) is 18.1 Å².